The van der Waals surface area contributed by atoms with Crippen LogP contribution in [0.5, 0.6) is 0 Å². The second-order valence-electron chi connectivity index (χ2n) is 6.61. The molecule has 1 atom stereocenters. The fourth-order valence-electron chi connectivity index (χ4n) is 2.63. The lowest BCUT2D eigenvalue weighted by Crippen LogP contribution is -2.44. The van der Waals surface area contributed by atoms with Crippen LogP contribution in [0.1, 0.15) is 42.3 Å². The summed E-state index contributed by atoms with van der Waals surface area (Å²) < 4.78 is 4.99. The van der Waals surface area contributed by atoms with Gasteiger partial charge in [-0.05, 0) is 44.0 Å². The molecule has 2 aromatic rings. The number of esters is 1. The molecule has 0 radical (unpaired) electrons. The van der Waals surface area contributed by atoms with Crippen molar-refractivity contribution in [1.29, 1.82) is 0 Å². The van der Waals surface area contributed by atoms with Crippen molar-refractivity contribution >= 4 is 11.9 Å². The second kappa shape index (κ2) is 10.5. The standard InChI is InChI=1S/C22H29N3O3/c1-4-23-21(25-16-22(3,27)19-9-7-6-8-10-19)24-15-17-11-13-18(14-12-17)20(26)28-5-2/h6-14,27H,4-5,15-16H2,1-3H3,(H2,23,24,25). The van der Waals surface area contributed by atoms with E-state index in [2.05, 4.69) is 15.6 Å². The van der Waals surface area contributed by atoms with Crippen molar-refractivity contribution in [3.05, 3.63) is 71.3 Å². The van der Waals surface area contributed by atoms with Gasteiger partial charge in [0.05, 0.1) is 25.3 Å². The highest BCUT2D eigenvalue weighted by Gasteiger charge is 2.22. The van der Waals surface area contributed by atoms with Crippen LogP contribution in [-0.4, -0.2) is 36.7 Å². The summed E-state index contributed by atoms with van der Waals surface area (Å²) in [6.07, 6.45) is 0. The van der Waals surface area contributed by atoms with Gasteiger partial charge in [0.2, 0.25) is 0 Å². The van der Waals surface area contributed by atoms with Crippen LogP contribution in [0, 0.1) is 0 Å². The Labute approximate surface area is 166 Å². The number of aliphatic imine (C=N–C) groups is 1. The molecular weight excluding hydrogens is 354 g/mol. The van der Waals surface area contributed by atoms with E-state index in [1.54, 1.807) is 26.0 Å². The number of ether oxygens (including phenoxy) is 1. The van der Waals surface area contributed by atoms with Crippen LogP contribution in [0.15, 0.2) is 59.6 Å². The fourth-order valence-corrected chi connectivity index (χ4v) is 2.63. The molecule has 0 saturated heterocycles. The molecule has 28 heavy (non-hydrogen) atoms. The van der Waals surface area contributed by atoms with Crippen molar-refractivity contribution in [1.82, 2.24) is 10.6 Å². The van der Waals surface area contributed by atoms with E-state index in [-0.39, 0.29) is 5.97 Å². The first-order chi connectivity index (χ1) is 13.5. The topological polar surface area (TPSA) is 83.0 Å². The van der Waals surface area contributed by atoms with Gasteiger partial charge in [-0.2, -0.15) is 0 Å². The summed E-state index contributed by atoms with van der Waals surface area (Å²) in [5.74, 6) is 0.295. The molecule has 2 rings (SSSR count). The number of nitrogens with one attached hydrogen (secondary N) is 2. The summed E-state index contributed by atoms with van der Waals surface area (Å²) in [7, 11) is 0. The molecule has 2 aromatic carbocycles. The van der Waals surface area contributed by atoms with Gasteiger partial charge >= 0.3 is 5.97 Å². The van der Waals surface area contributed by atoms with Crippen LogP contribution < -0.4 is 10.6 Å². The Morgan fingerprint density at radius 1 is 1.07 bits per heavy atom. The first-order valence-corrected chi connectivity index (χ1v) is 9.52. The lowest BCUT2D eigenvalue weighted by Gasteiger charge is -2.25. The van der Waals surface area contributed by atoms with Gasteiger partial charge in [0.1, 0.15) is 5.60 Å². The molecule has 0 aromatic heterocycles. The van der Waals surface area contributed by atoms with Crippen LogP contribution in [0.25, 0.3) is 0 Å². The van der Waals surface area contributed by atoms with E-state index < -0.39 is 5.60 Å². The molecule has 0 saturated carbocycles. The zero-order valence-corrected chi connectivity index (χ0v) is 16.7. The third-order valence-electron chi connectivity index (χ3n) is 4.22. The smallest absolute Gasteiger partial charge is 0.338 e. The highest BCUT2D eigenvalue weighted by atomic mass is 16.5. The molecule has 6 heteroatoms. The van der Waals surface area contributed by atoms with E-state index in [1.807, 2.05) is 49.4 Å². The normalized spacial score (nSPS) is 13.5. The summed E-state index contributed by atoms with van der Waals surface area (Å²) in [5, 5.41) is 17.1. The van der Waals surface area contributed by atoms with Crippen molar-refractivity contribution in [2.75, 3.05) is 19.7 Å². The molecule has 150 valence electrons. The maximum Gasteiger partial charge on any atom is 0.338 e. The third kappa shape index (κ3) is 6.39. The minimum absolute atomic E-state index is 0.323. The van der Waals surface area contributed by atoms with Gasteiger partial charge in [-0.15, -0.1) is 0 Å². The van der Waals surface area contributed by atoms with Crippen molar-refractivity contribution in [3.8, 4) is 0 Å². The molecule has 0 aliphatic heterocycles. The van der Waals surface area contributed by atoms with E-state index in [4.69, 9.17) is 4.74 Å². The average molecular weight is 383 g/mol. The molecule has 0 amide bonds. The molecule has 0 heterocycles. The molecule has 0 spiro atoms. The van der Waals surface area contributed by atoms with E-state index in [0.717, 1.165) is 11.1 Å². The Morgan fingerprint density at radius 2 is 1.75 bits per heavy atom. The zero-order valence-electron chi connectivity index (χ0n) is 16.7. The van der Waals surface area contributed by atoms with E-state index in [9.17, 15) is 9.90 Å². The predicted octanol–water partition coefficient (Wildman–Crippen LogP) is 2.83. The minimum atomic E-state index is -1.02. The van der Waals surface area contributed by atoms with Crippen molar-refractivity contribution in [3.63, 3.8) is 0 Å². The number of guanidine groups is 1. The van der Waals surface area contributed by atoms with Gasteiger partial charge in [0.25, 0.3) is 0 Å². The Morgan fingerprint density at radius 3 is 2.36 bits per heavy atom. The number of hydrogen-bond donors (Lipinski definition) is 3. The van der Waals surface area contributed by atoms with Gasteiger partial charge in [-0.1, -0.05) is 42.5 Å². The number of hydrogen-bond acceptors (Lipinski definition) is 4. The molecule has 3 N–H and O–H groups in total. The highest BCUT2D eigenvalue weighted by Crippen LogP contribution is 2.18. The van der Waals surface area contributed by atoms with Gasteiger partial charge < -0.3 is 20.5 Å². The van der Waals surface area contributed by atoms with Gasteiger partial charge in [0.15, 0.2) is 5.96 Å². The van der Waals surface area contributed by atoms with E-state index >= 15 is 0 Å². The Balaban J connectivity index is 1.99. The van der Waals surface area contributed by atoms with Crippen LogP contribution in [-0.2, 0) is 16.9 Å². The van der Waals surface area contributed by atoms with Crippen LogP contribution >= 0.6 is 0 Å². The molecule has 1 unspecified atom stereocenters. The van der Waals surface area contributed by atoms with Crippen LogP contribution in [0.3, 0.4) is 0 Å². The SMILES string of the molecule is CCNC(=NCc1ccc(C(=O)OCC)cc1)NCC(C)(O)c1ccccc1. The Bertz CT molecular complexity index is 771. The number of carbonyl (C=O) groups is 1. The quantitative estimate of drug-likeness (QED) is 0.371. The maximum absolute atomic E-state index is 11.7. The molecule has 0 aliphatic carbocycles. The van der Waals surface area contributed by atoms with E-state index in [0.29, 0.717) is 37.8 Å². The maximum atomic E-state index is 11.7. The molecular formula is C22H29N3O3. The Hall–Kier alpha value is -2.86. The summed E-state index contributed by atoms with van der Waals surface area (Å²) in [4.78, 5) is 16.3. The van der Waals surface area contributed by atoms with Crippen molar-refractivity contribution in [2.45, 2.75) is 32.9 Å². The van der Waals surface area contributed by atoms with E-state index in [1.165, 1.54) is 0 Å². The largest absolute Gasteiger partial charge is 0.462 e. The van der Waals surface area contributed by atoms with Crippen LogP contribution in [0.2, 0.25) is 0 Å². The number of rotatable bonds is 8. The molecule has 6 nitrogen and oxygen atoms in total. The van der Waals surface area contributed by atoms with Crippen molar-refractivity contribution in [2.24, 2.45) is 4.99 Å². The first kappa shape index (κ1) is 21.4. The summed E-state index contributed by atoms with van der Waals surface area (Å²) in [6.45, 7) is 7.38. The van der Waals surface area contributed by atoms with Gasteiger partial charge in [-0.3, -0.25) is 0 Å². The molecule has 0 aliphatic rings. The van der Waals surface area contributed by atoms with Gasteiger partial charge in [-0.25, -0.2) is 9.79 Å². The lowest BCUT2D eigenvalue weighted by molar-refractivity contribution is 0.0526. The molecule has 0 fully saturated rings. The zero-order chi connectivity index (χ0) is 20.4. The fraction of sp³-hybridized carbons (Fsp3) is 0.364. The number of aliphatic hydroxyl groups is 1. The Kier molecular flexibility index (Phi) is 8.02. The average Bonchev–Trinajstić information content (AvgIpc) is 2.71. The minimum Gasteiger partial charge on any atom is -0.462 e. The molecule has 0 bridgehead atoms. The van der Waals surface area contributed by atoms with Gasteiger partial charge in [0, 0.05) is 6.54 Å². The van der Waals surface area contributed by atoms with Crippen molar-refractivity contribution < 1.29 is 14.6 Å². The predicted molar refractivity (Wildman–Crippen MR) is 111 cm³/mol. The number of carbonyl (C=O) groups excluding carboxylic acids is 1. The highest BCUT2D eigenvalue weighted by molar-refractivity contribution is 5.89. The number of nitrogens with zero attached hydrogens (tertiary/aromatic N) is 1. The monoisotopic (exact) mass is 383 g/mol. The summed E-state index contributed by atoms with van der Waals surface area (Å²) in [5.41, 5.74) is 1.32. The first-order valence-electron chi connectivity index (χ1n) is 9.52. The summed E-state index contributed by atoms with van der Waals surface area (Å²) >= 11 is 0. The second-order valence-corrected chi connectivity index (χ2v) is 6.61. The third-order valence-corrected chi connectivity index (χ3v) is 4.22. The lowest BCUT2D eigenvalue weighted by atomic mass is 9.96. The van der Waals surface area contributed by atoms with Crippen LogP contribution in [0.4, 0.5) is 0 Å². The summed E-state index contributed by atoms with van der Waals surface area (Å²) in [6, 6.07) is 16.7. The number of benzene rings is 2.